The van der Waals surface area contributed by atoms with E-state index in [-0.39, 0.29) is 5.60 Å². The van der Waals surface area contributed by atoms with Crippen molar-refractivity contribution in [3.8, 4) is 0 Å². The number of H-pyrrole nitrogens is 1. The van der Waals surface area contributed by atoms with Crippen LogP contribution in [0.15, 0.2) is 30.5 Å². The van der Waals surface area contributed by atoms with Crippen molar-refractivity contribution >= 4 is 10.9 Å². The lowest BCUT2D eigenvalue weighted by molar-refractivity contribution is -0.0592. The fourth-order valence-corrected chi connectivity index (χ4v) is 2.84. The van der Waals surface area contributed by atoms with Crippen molar-refractivity contribution in [3.05, 3.63) is 36.0 Å². The molecule has 0 aliphatic carbocycles. The normalized spacial score (nSPS) is 24.0. The molecule has 1 aromatic carbocycles. The molecule has 0 saturated carbocycles. The molecule has 90 valence electrons. The van der Waals surface area contributed by atoms with Crippen LogP contribution in [0.5, 0.6) is 0 Å². The second-order valence-corrected chi connectivity index (χ2v) is 5.62. The molecule has 2 aromatic rings. The van der Waals surface area contributed by atoms with Crippen LogP contribution in [0, 0.1) is 0 Å². The molecule has 1 N–H and O–H groups in total. The topological polar surface area (TPSA) is 25.0 Å². The number of ether oxygens (including phenoxy) is 1. The molecule has 1 aliphatic rings. The van der Waals surface area contributed by atoms with Gasteiger partial charge in [-0.3, -0.25) is 0 Å². The molecular weight excluding hydrogens is 210 g/mol. The molecule has 17 heavy (non-hydrogen) atoms. The van der Waals surface area contributed by atoms with Gasteiger partial charge in [0.15, 0.2) is 0 Å². The number of hydrogen-bond donors (Lipinski definition) is 1. The second-order valence-electron chi connectivity index (χ2n) is 5.62. The minimum atomic E-state index is 0.0238. The summed E-state index contributed by atoms with van der Waals surface area (Å²) >= 11 is 0. The van der Waals surface area contributed by atoms with Crippen LogP contribution in [0.1, 0.15) is 38.2 Å². The van der Waals surface area contributed by atoms with Crippen molar-refractivity contribution in [1.82, 2.24) is 4.98 Å². The first kappa shape index (κ1) is 10.8. The number of hydrogen-bond acceptors (Lipinski definition) is 1. The van der Waals surface area contributed by atoms with Crippen LogP contribution in [-0.2, 0) is 4.74 Å². The van der Waals surface area contributed by atoms with Crippen LogP contribution in [0.4, 0.5) is 0 Å². The van der Waals surface area contributed by atoms with E-state index >= 15 is 0 Å². The standard InChI is InChI=1S/C15H19NO/c1-15(2)10-13(6-8-17-15)11-3-4-14-12(9-11)5-7-16-14/h3-5,7,9,13,16H,6,8,10H2,1-2H3. The van der Waals surface area contributed by atoms with E-state index < -0.39 is 0 Å². The number of nitrogens with one attached hydrogen (secondary N) is 1. The van der Waals surface area contributed by atoms with Gasteiger partial charge in [0.2, 0.25) is 0 Å². The third kappa shape index (κ3) is 2.09. The molecule has 1 aromatic heterocycles. The monoisotopic (exact) mass is 229 g/mol. The van der Waals surface area contributed by atoms with Crippen molar-refractivity contribution in [2.75, 3.05) is 6.61 Å². The number of rotatable bonds is 1. The molecule has 1 unspecified atom stereocenters. The maximum atomic E-state index is 5.78. The number of aromatic nitrogens is 1. The number of benzene rings is 1. The molecule has 1 aliphatic heterocycles. The minimum absolute atomic E-state index is 0.0238. The van der Waals surface area contributed by atoms with E-state index in [1.807, 2.05) is 6.20 Å². The molecule has 0 amide bonds. The summed E-state index contributed by atoms with van der Waals surface area (Å²) in [7, 11) is 0. The molecule has 2 heterocycles. The van der Waals surface area contributed by atoms with E-state index in [4.69, 9.17) is 4.74 Å². The Morgan fingerprint density at radius 1 is 1.29 bits per heavy atom. The summed E-state index contributed by atoms with van der Waals surface area (Å²) in [5.41, 5.74) is 2.70. The van der Waals surface area contributed by atoms with Crippen molar-refractivity contribution < 1.29 is 4.74 Å². The maximum absolute atomic E-state index is 5.78. The van der Waals surface area contributed by atoms with Gasteiger partial charge >= 0.3 is 0 Å². The first-order chi connectivity index (χ1) is 8.14. The quantitative estimate of drug-likeness (QED) is 0.789. The Kier molecular flexibility index (Phi) is 2.48. The highest BCUT2D eigenvalue weighted by Gasteiger charge is 2.29. The predicted octanol–water partition coefficient (Wildman–Crippen LogP) is 3.84. The van der Waals surface area contributed by atoms with Crippen LogP contribution in [0.3, 0.4) is 0 Å². The van der Waals surface area contributed by atoms with Crippen LogP contribution >= 0.6 is 0 Å². The minimum Gasteiger partial charge on any atom is -0.376 e. The first-order valence-electron chi connectivity index (χ1n) is 6.35. The Morgan fingerprint density at radius 3 is 3.00 bits per heavy atom. The van der Waals surface area contributed by atoms with Gasteiger partial charge in [0.1, 0.15) is 0 Å². The third-order valence-corrected chi connectivity index (χ3v) is 3.75. The lowest BCUT2D eigenvalue weighted by Gasteiger charge is -2.35. The average molecular weight is 229 g/mol. The molecular formula is C15H19NO. The lowest BCUT2D eigenvalue weighted by Crippen LogP contribution is -2.32. The molecule has 0 spiro atoms. The van der Waals surface area contributed by atoms with E-state index in [2.05, 4.69) is 43.1 Å². The van der Waals surface area contributed by atoms with Gasteiger partial charge in [0.05, 0.1) is 5.60 Å². The van der Waals surface area contributed by atoms with E-state index in [0.29, 0.717) is 5.92 Å². The van der Waals surface area contributed by atoms with Crippen molar-refractivity contribution in [2.24, 2.45) is 0 Å². The fourth-order valence-electron chi connectivity index (χ4n) is 2.84. The zero-order chi connectivity index (χ0) is 11.9. The Morgan fingerprint density at radius 2 is 2.18 bits per heavy atom. The Balaban J connectivity index is 1.92. The van der Waals surface area contributed by atoms with Gasteiger partial charge in [-0.15, -0.1) is 0 Å². The zero-order valence-corrected chi connectivity index (χ0v) is 10.5. The maximum Gasteiger partial charge on any atom is 0.0632 e. The van der Waals surface area contributed by atoms with Crippen LogP contribution in [0.25, 0.3) is 10.9 Å². The predicted molar refractivity (Wildman–Crippen MR) is 70.3 cm³/mol. The molecule has 2 nitrogen and oxygen atoms in total. The van der Waals surface area contributed by atoms with E-state index in [9.17, 15) is 0 Å². The summed E-state index contributed by atoms with van der Waals surface area (Å²) in [5.74, 6) is 0.637. The highest BCUT2D eigenvalue weighted by molar-refractivity contribution is 5.80. The Labute approximate surface area is 102 Å². The van der Waals surface area contributed by atoms with Gasteiger partial charge in [-0.1, -0.05) is 6.07 Å². The summed E-state index contributed by atoms with van der Waals surface area (Å²) in [6, 6.07) is 8.90. The molecule has 1 fully saturated rings. The van der Waals surface area contributed by atoms with Crippen molar-refractivity contribution in [3.63, 3.8) is 0 Å². The molecule has 1 atom stereocenters. The van der Waals surface area contributed by atoms with Gasteiger partial charge in [-0.25, -0.2) is 0 Å². The van der Waals surface area contributed by atoms with Gasteiger partial charge in [0.25, 0.3) is 0 Å². The van der Waals surface area contributed by atoms with Gasteiger partial charge in [0, 0.05) is 18.3 Å². The third-order valence-electron chi connectivity index (χ3n) is 3.75. The Bertz CT molecular complexity index is 526. The average Bonchev–Trinajstić information content (AvgIpc) is 2.74. The largest absolute Gasteiger partial charge is 0.376 e. The number of fused-ring (bicyclic) bond motifs is 1. The summed E-state index contributed by atoms with van der Waals surface area (Å²) in [5, 5.41) is 1.31. The zero-order valence-electron chi connectivity index (χ0n) is 10.5. The van der Waals surface area contributed by atoms with E-state index in [0.717, 1.165) is 19.4 Å². The summed E-state index contributed by atoms with van der Waals surface area (Å²) < 4.78 is 5.78. The van der Waals surface area contributed by atoms with Crippen LogP contribution < -0.4 is 0 Å². The van der Waals surface area contributed by atoms with Gasteiger partial charge < -0.3 is 9.72 Å². The van der Waals surface area contributed by atoms with Gasteiger partial charge in [-0.2, -0.15) is 0 Å². The molecule has 0 radical (unpaired) electrons. The molecule has 2 heteroatoms. The van der Waals surface area contributed by atoms with E-state index in [1.165, 1.54) is 16.5 Å². The SMILES string of the molecule is CC1(C)CC(c2ccc3[nH]ccc3c2)CCO1. The van der Waals surface area contributed by atoms with Crippen molar-refractivity contribution in [1.29, 1.82) is 0 Å². The van der Waals surface area contributed by atoms with Crippen LogP contribution in [-0.4, -0.2) is 17.2 Å². The summed E-state index contributed by atoms with van der Waals surface area (Å²) in [6.45, 7) is 5.25. The molecule has 3 rings (SSSR count). The second kappa shape index (κ2) is 3.88. The van der Waals surface area contributed by atoms with Crippen molar-refractivity contribution in [2.45, 2.75) is 38.2 Å². The lowest BCUT2D eigenvalue weighted by atomic mass is 9.83. The van der Waals surface area contributed by atoms with E-state index in [1.54, 1.807) is 0 Å². The smallest absolute Gasteiger partial charge is 0.0632 e. The Hall–Kier alpha value is -1.28. The summed E-state index contributed by atoms with van der Waals surface area (Å²) in [4.78, 5) is 3.24. The molecule has 1 saturated heterocycles. The first-order valence-corrected chi connectivity index (χ1v) is 6.35. The fraction of sp³-hybridized carbons (Fsp3) is 0.467. The number of aromatic amines is 1. The molecule has 0 bridgehead atoms. The summed E-state index contributed by atoms with van der Waals surface area (Å²) in [6.07, 6.45) is 4.25. The highest BCUT2D eigenvalue weighted by atomic mass is 16.5. The van der Waals surface area contributed by atoms with Crippen LogP contribution in [0.2, 0.25) is 0 Å². The van der Waals surface area contributed by atoms with Gasteiger partial charge in [-0.05, 0) is 61.8 Å². The highest BCUT2D eigenvalue weighted by Crippen LogP contribution is 2.36.